The molecule has 15 heavy (non-hydrogen) atoms. The van der Waals surface area contributed by atoms with E-state index in [0.717, 1.165) is 10.7 Å². The molecule has 1 rings (SSSR count). The number of sulfone groups is 1. The lowest BCUT2D eigenvalue weighted by molar-refractivity contribution is 0.411. The van der Waals surface area contributed by atoms with E-state index < -0.39 is 9.84 Å². The summed E-state index contributed by atoms with van der Waals surface area (Å²) in [6.45, 7) is 0. The van der Waals surface area contributed by atoms with Gasteiger partial charge in [-0.3, -0.25) is 0 Å². The van der Waals surface area contributed by atoms with Crippen LogP contribution in [0.15, 0.2) is 22.7 Å². The molecular weight excluding hydrogens is 280 g/mol. The molecule has 0 spiro atoms. The normalized spacial score (nSPS) is 10.3. The molecular formula is C10H9BrO3S. The molecule has 3 nitrogen and oxygen atoms in total. The first-order valence-corrected chi connectivity index (χ1v) is 6.68. The smallest absolute Gasteiger partial charge is 0.214 e. The molecule has 0 saturated heterocycles. The van der Waals surface area contributed by atoms with E-state index in [2.05, 4.69) is 27.1 Å². The molecule has 1 aromatic carbocycles. The van der Waals surface area contributed by atoms with Gasteiger partial charge >= 0.3 is 0 Å². The Morgan fingerprint density at radius 1 is 1.40 bits per heavy atom. The number of rotatable bonds is 1. The fourth-order valence-corrected chi connectivity index (χ4v) is 1.79. The lowest BCUT2D eigenvalue weighted by Gasteiger charge is -2.04. The van der Waals surface area contributed by atoms with Crippen LogP contribution in [0, 0.1) is 11.2 Å². The number of ether oxygens (including phenoxy) is 1. The standard InChI is InChI=1S/C10H9BrO3S/c1-14-10-8(4-3-5-9(10)11)6-7-15(2,12)13/h3-5H,1-2H3. The fraction of sp³-hybridized carbons (Fsp3) is 0.200. The van der Waals surface area contributed by atoms with Gasteiger partial charge in [-0.05, 0) is 34.0 Å². The van der Waals surface area contributed by atoms with Gasteiger partial charge in [0, 0.05) is 5.25 Å². The fourth-order valence-electron chi connectivity index (χ4n) is 0.962. The predicted molar refractivity (Wildman–Crippen MR) is 62.4 cm³/mol. The molecule has 0 saturated carbocycles. The highest BCUT2D eigenvalue weighted by molar-refractivity contribution is 9.10. The van der Waals surface area contributed by atoms with Crippen LogP contribution >= 0.6 is 15.9 Å². The number of hydrogen-bond donors (Lipinski definition) is 0. The minimum atomic E-state index is -3.29. The van der Waals surface area contributed by atoms with Gasteiger partial charge in [0.2, 0.25) is 9.84 Å². The van der Waals surface area contributed by atoms with Gasteiger partial charge in [-0.15, -0.1) is 0 Å². The van der Waals surface area contributed by atoms with E-state index in [-0.39, 0.29) is 0 Å². The monoisotopic (exact) mass is 288 g/mol. The molecule has 5 heteroatoms. The predicted octanol–water partition coefficient (Wildman–Crippen LogP) is 1.81. The van der Waals surface area contributed by atoms with E-state index in [1.54, 1.807) is 18.2 Å². The van der Waals surface area contributed by atoms with Crippen molar-refractivity contribution in [2.75, 3.05) is 13.4 Å². The van der Waals surface area contributed by atoms with Crippen molar-refractivity contribution in [1.82, 2.24) is 0 Å². The molecule has 0 heterocycles. The molecule has 0 aromatic heterocycles. The van der Waals surface area contributed by atoms with Crippen LogP contribution in [0.25, 0.3) is 0 Å². The Labute approximate surface area is 97.5 Å². The Morgan fingerprint density at radius 2 is 2.07 bits per heavy atom. The van der Waals surface area contributed by atoms with Crippen molar-refractivity contribution < 1.29 is 13.2 Å². The van der Waals surface area contributed by atoms with E-state index in [0.29, 0.717) is 11.3 Å². The average molecular weight is 289 g/mol. The minimum Gasteiger partial charge on any atom is -0.494 e. The first kappa shape index (κ1) is 12.1. The van der Waals surface area contributed by atoms with Crippen molar-refractivity contribution in [3.63, 3.8) is 0 Å². The van der Waals surface area contributed by atoms with Gasteiger partial charge in [0.1, 0.15) is 5.75 Å². The van der Waals surface area contributed by atoms with Crippen LogP contribution in [0.2, 0.25) is 0 Å². The third kappa shape index (κ3) is 3.57. The van der Waals surface area contributed by atoms with E-state index >= 15 is 0 Å². The van der Waals surface area contributed by atoms with Crippen molar-refractivity contribution >= 4 is 25.8 Å². The number of para-hydroxylation sites is 1. The van der Waals surface area contributed by atoms with E-state index in [4.69, 9.17) is 4.74 Å². The summed E-state index contributed by atoms with van der Waals surface area (Å²) in [6.07, 6.45) is 1.06. The summed E-state index contributed by atoms with van der Waals surface area (Å²) in [5, 5.41) is 2.16. The van der Waals surface area contributed by atoms with Crippen LogP contribution in [0.4, 0.5) is 0 Å². The molecule has 0 aliphatic carbocycles. The molecule has 0 bridgehead atoms. The lowest BCUT2D eigenvalue weighted by Crippen LogP contribution is -1.92. The van der Waals surface area contributed by atoms with Crippen LogP contribution in [-0.2, 0) is 9.84 Å². The molecule has 80 valence electrons. The molecule has 0 atom stereocenters. The maximum Gasteiger partial charge on any atom is 0.214 e. The zero-order valence-electron chi connectivity index (χ0n) is 8.24. The summed E-state index contributed by atoms with van der Waals surface area (Å²) < 4.78 is 27.6. The summed E-state index contributed by atoms with van der Waals surface area (Å²) in [7, 11) is -1.79. The Morgan fingerprint density at radius 3 is 2.60 bits per heavy atom. The van der Waals surface area contributed by atoms with Crippen molar-refractivity contribution in [2.24, 2.45) is 0 Å². The molecule has 0 aliphatic rings. The van der Waals surface area contributed by atoms with Gasteiger partial charge in [-0.25, -0.2) is 8.42 Å². The maximum absolute atomic E-state index is 10.9. The molecule has 0 unspecified atom stereocenters. The number of hydrogen-bond acceptors (Lipinski definition) is 3. The molecule has 0 aliphatic heterocycles. The molecule has 1 aromatic rings. The van der Waals surface area contributed by atoms with Crippen LogP contribution in [-0.4, -0.2) is 21.8 Å². The average Bonchev–Trinajstić information content (AvgIpc) is 2.13. The Balaban J connectivity index is 3.25. The molecule has 0 radical (unpaired) electrons. The summed E-state index contributed by atoms with van der Waals surface area (Å²) >= 11 is 3.29. The van der Waals surface area contributed by atoms with Crippen LogP contribution in [0.1, 0.15) is 5.56 Å². The first-order chi connectivity index (χ1) is 6.94. The largest absolute Gasteiger partial charge is 0.494 e. The van der Waals surface area contributed by atoms with Crippen LogP contribution < -0.4 is 4.74 Å². The van der Waals surface area contributed by atoms with E-state index in [1.165, 1.54) is 7.11 Å². The summed E-state index contributed by atoms with van der Waals surface area (Å²) in [6, 6.07) is 5.26. The number of methoxy groups -OCH3 is 1. The van der Waals surface area contributed by atoms with E-state index in [9.17, 15) is 8.42 Å². The lowest BCUT2D eigenvalue weighted by atomic mass is 10.2. The summed E-state index contributed by atoms with van der Waals surface area (Å²) in [4.78, 5) is 0. The molecule has 0 fully saturated rings. The minimum absolute atomic E-state index is 0.536. The third-order valence-electron chi connectivity index (χ3n) is 1.54. The second-order valence-electron chi connectivity index (χ2n) is 2.82. The third-order valence-corrected chi connectivity index (χ3v) is 2.64. The second kappa shape index (κ2) is 4.69. The SMILES string of the molecule is COc1c(Br)cccc1C#CS(C)(=O)=O. The topological polar surface area (TPSA) is 43.4 Å². The zero-order valence-corrected chi connectivity index (χ0v) is 10.6. The quantitative estimate of drug-likeness (QED) is 0.741. The van der Waals surface area contributed by atoms with Gasteiger partial charge < -0.3 is 4.74 Å². The van der Waals surface area contributed by atoms with Crippen molar-refractivity contribution in [2.45, 2.75) is 0 Å². The highest BCUT2D eigenvalue weighted by Gasteiger charge is 2.04. The second-order valence-corrected chi connectivity index (χ2v) is 5.42. The highest BCUT2D eigenvalue weighted by Crippen LogP contribution is 2.27. The van der Waals surface area contributed by atoms with Gasteiger partial charge in [-0.2, -0.15) is 0 Å². The highest BCUT2D eigenvalue weighted by atomic mass is 79.9. The van der Waals surface area contributed by atoms with Gasteiger partial charge in [0.05, 0.1) is 23.4 Å². The maximum atomic E-state index is 10.9. The van der Waals surface area contributed by atoms with E-state index in [1.807, 2.05) is 0 Å². The zero-order chi connectivity index (χ0) is 11.5. The molecule has 0 N–H and O–H groups in total. The van der Waals surface area contributed by atoms with Crippen molar-refractivity contribution in [3.05, 3.63) is 28.2 Å². The number of benzene rings is 1. The van der Waals surface area contributed by atoms with Gasteiger partial charge in [-0.1, -0.05) is 6.07 Å². The first-order valence-electron chi connectivity index (χ1n) is 3.99. The number of halogens is 1. The van der Waals surface area contributed by atoms with Gasteiger partial charge in [0.25, 0.3) is 0 Å². The van der Waals surface area contributed by atoms with Crippen molar-refractivity contribution in [1.29, 1.82) is 0 Å². The van der Waals surface area contributed by atoms with Crippen LogP contribution in [0.3, 0.4) is 0 Å². The molecule has 0 amide bonds. The van der Waals surface area contributed by atoms with Crippen LogP contribution in [0.5, 0.6) is 5.75 Å². The summed E-state index contributed by atoms with van der Waals surface area (Å²) in [5.41, 5.74) is 0.539. The Bertz CT molecular complexity index is 523. The summed E-state index contributed by atoms with van der Waals surface area (Å²) in [5.74, 6) is 3.09. The van der Waals surface area contributed by atoms with Gasteiger partial charge in [0.15, 0.2) is 0 Å². The Hall–Kier alpha value is -0.990. The Kier molecular flexibility index (Phi) is 3.77. The van der Waals surface area contributed by atoms with Crippen molar-refractivity contribution in [3.8, 4) is 16.9 Å².